The number of morpholine rings is 1. The molecule has 98 valence electrons. The molecule has 1 atom stereocenters. The molecule has 5 heteroatoms. The van der Waals surface area contributed by atoms with Gasteiger partial charge in [-0.05, 0) is 24.0 Å². The van der Waals surface area contributed by atoms with Gasteiger partial charge in [-0.2, -0.15) is 11.8 Å². The molecule has 4 nitrogen and oxygen atoms in total. The van der Waals surface area contributed by atoms with Gasteiger partial charge in [-0.25, -0.2) is 0 Å². The minimum atomic E-state index is -0.246. The maximum Gasteiger partial charge on any atom is 0.243 e. The van der Waals surface area contributed by atoms with Crippen LogP contribution < -0.4 is 10.6 Å². The van der Waals surface area contributed by atoms with Crippen molar-refractivity contribution in [3.05, 3.63) is 29.8 Å². The van der Waals surface area contributed by atoms with Crippen LogP contribution in [0.15, 0.2) is 24.3 Å². The first-order valence-electron chi connectivity index (χ1n) is 5.99. The van der Waals surface area contributed by atoms with Gasteiger partial charge in [0.2, 0.25) is 5.91 Å². The third-order valence-corrected chi connectivity index (χ3v) is 3.39. The van der Waals surface area contributed by atoms with Crippen molar-refractivity contribution in [1.29, 1.82) is 0 Å². The predicted octanol–water partition coefficient (Wildman–Crippen LogP) is 1.48. The SMILES string of the molecule is CSCc1ccc(NC(=O)C2COCCN2)cc1. The second kappa shape index (κ2) is 6.78. The Labute approximate surface area is 111 Å². The summed E-state index contributed by atoms with van der Waals surface area (Å²) in [6.45, 7) is 1.84. The summed E-state index contributed by atoms with van der Waals surface area (Å²) in [5, 5.41) is 6.02. The molecule has 1 saturated heterocycles. The number of carbonyl (C=O) groups is 1. The van der Waals surface area contributed by atoms with Crippen molar-refractivity contribution in [2.75, 3.05) is 31.3 Å². The van der Waals surface area contributed by atoms with Gasteiger partial charge in [0.05, 0.1) is 13.2 Å². The number of thioether (sulfide) groups is 1. The van der Waals surface area contributed by atoms with E-state index in [-0.39, 0.29) is 11.9 Å². The van der Waals surface area contributed by atoms with Gasteiger partial charge >= 0.3 is 0 Å². The number of anilines is 1. The molecule has 1 unspecified atom stereocenters. The molecule has 1 heterocycles. The van der Waals surface area contributed by atoms with Gasteiger partial charge in [-0.1, -0.05) is 12.1 Å². The van der Waals surface area contributed by atoms with Crippen molar-refractivity contribution in [3.8, 4) is 0 Å². The van der Waals surface area contributed by atoms with Gasteiger partial charge in [0.1, 0.15) is 6.04 Å². The fraction of sp³-hybridized carbons (Fsp3) is 0.462. The number of hydrogen-bond donors (Lipinski definition) is 2. The number of carbonyl (C=O) groups excluding carboxylic acids is 1. The van der Waals surface area contributed by atoms with E-state index < -0.39 is 0 Å². The van der Waals surface area contributed by atoms with E-state index in [1.165, 1.54) is 5.56 Å². The molecule has 1 aliphatic rings. The summed E-state index contributed by atoms with van der Waals surface area (Å²) in [6.07, 6.45) is 2.07. The van der Waals surface area contributed by atoms with Crippen LogP contribution in [0, 0.1) is 0 Å². The zero-order valence-electron chi connectivity index (χ0n) is 10.4. The standard InChI is InChI=1S/C13H18N2O2S/c1-18-9-10-2-4-11(5-3-10)15-13(16)12-8-17-7-6-14-12/h2-5,12,14H,6-9H2,1H3,(H,15,16). The van der Waals surface area contributed by atoms with Crippen molar-refractivity contribution in [2.45, 2.75) is 11.8 Å². The lowest BCUT2D eigenvalue weighted by Gasteiger charge is -2.22. The quantitative estimate of drug-likeness (QED) is 0.866. The Hall–Kier alpha value is -1.04. The minimum absolute atomic E-state index is 0.0349. The average molecular weight is 266 g/mol. The Morgan fingerprint density at radius 1 is 1.50 bits per heavy atom. The molecule has 0 radical (unpaired) electrons. The van der Waals surface area contributed by atoms with Crippen LogP contribution in [-0.4, -0.2) is 38.0 Å². The fourth-order valence-corrected chi connectivity index (χ4v) is 2.34. The summed E-state index contributed by atoms with van der Waals surface area (Å²) in [5.74, 6) is 0.957. The number of benzene rings is 1. The topological polar surface area (TPSA) is 50.4 Å². The van der Waals surface area contributed by atoms with E-state index in [0.717, 1.165) is 18.0 Å². The second-order valence-corrected chi connectivity index (χ2v) is 5.07. The molecule has 0 aromatic heterocycles. The second-order valence-electron chi connectivity index (χ2n) is 4.20. The normalized spacial score (nSPS) is 19.5. The molecule has 0 bridgehead atoms. The molecule has 1 aromatic carbocycles. The van der Waals surface area contributed by atoms with E-state index in [9.17, 15) is 4.79 Å². The monoisotopic (exact) mass is 266 g/mol. The Morgan fingerprint density at radius 2 is 2.28 bits per heavy atom. The number of hydrogen-bond acceptors (Lipinski definition) is 4. The van der Waals surface area contributed by atoms with E-state index in [1.54, 1.807) is 11.8 Å². The van der Waals surface area contributed by atoms with E-state index in [2.05, 4.69) is 16.9 Å². The van der Waals surface area contributed by atoms with Gasteiger partial charge in [-0.15, -0.1) is 0 Å². The molecule has 2 rings (SSSR count). The molecule has 1 amide bonds. The predicted molar refractivity (Wildman–Crippen MR) is 74.9 cm³/mol. The van der Waals surface area contributed by atoms with Crippen LogP contribution in [0.4, 0.5) is 5.69 Å². The highest BCUT2D eigenvalue weighted by Crippen LogP contribution is 2.14. The highest BCUT2D eigenvalue weighted by molar-refractivity contribution is 7.97. The van der Waals surface area contributed by atoms with Gasteiger partial charge in [0, 0.05) is 18.0 Å². The van der Waals surface area contributed by atoms with Crippen molar-refractivity contribution in [3.63, 3.8) is 0 Å². The highest BCUT2D eigenvalue weighted by Gasteiger charge is 2.20. The molecular weight excluding hydrogens is 248 g/mol. The first kappa shape index (κ1) is 13.4. The lowest BCUT2D eigenvalue weighted by molar-refractivity contribution is -0.120. The average Bonchev–Trinajstić information content (AvgIpc) is 2.42. The molecular formula is C13H18N2O2S. The maximum atomic E-state index is 11.9. The molecule has 1 aliphatic heterocycles. The van der Waals surface area contributed by atoms with Gasteiger partial charge in [-0.3, -0.25) is 4.79 Å². The van der Waals surface area contributed by atoms with Gasteiger partial charge < -0.3 is 15.4 Å². The van der Waals surface area contributed by atoms with Crippen molar-refractivity contribution in [1.82, 2.24) is 5.32 Å². The molecule has 0 aliphatic carbocycles. The van der Waals surface area contributed by atoms with Gasteiger partial charge in [0.25, 0.3) is 0 Å². The zero-order chi connectivity index (χ0) is 12.8. The van der Waals surface area contributed by atoms with E-state index in [0.29, 0.717) is 13.2 Å². The number of nitrogens with one attached hydrogen (secondary N) is 2. The van der Waals surface area contributed by atoms with Gasteiger partial charge in [0.15, 0.2) is 0 Å². The molecule has 1 aromatic rings. The van der Waals surface area contributed by atoms with Crippen molar-refractivity contribution < 1.29 is 9.53 Å². The Bertz CT molecular complexity index is 388. The lowest BCUT2D eigenvalue weighted by Crippen LogP contribution is -2.48. The van der Waals surface area contributed by atoms with Crippen LogP contribution in [0.2, 0.25) is 0 Å². The fourth-order valence-electron chi connectivity index (χ4n) is 1.81. The summed E-state index contributed by atoms with van der Waals surface area (Å²) in [7, 11) is 0. The minimum Gasteiger partial charge on any atom is -0.378 e. The van der Waals surface area contributed by atoms with Crippen LogP contribution in [0.3, 0.4) is 0 Å². The number of ether oxygens (including phenoxy) is 1. The first-order valence-corrected chi connectivity index (χ1v) is 7.39. The molecule has 18 heavy (non-hydrogen) atoms. The van der Waals surface area contributed by atoms with Crippen LogP contribution in [0.5, 0.6) is 0 Å². The maximum absolute atomic E-state index is 11.9. The summed E-state index contributed by atoms with van der Waals surface area (Å²) < 4.78 is 5.27. The van der Waals surface area contributed by atoms with E-state index in [1.807, 2.05) is 24.3 Å². The Morgan fingerprint density at radius 3 is 2.89 bits per heavy atom. The molecule has 1 fully saturated rings. The van der Waals surface area contributed by atoms with Crippen LogP contribution >= 0.6 is 11.8 Å². The number of amides is 1. The van der Waals surface area contributed by atoms with Crippen molar-refractivity contribution in [2.24, 2.45) is 0 Å². The highest BCUT2D eigenvalue weighted by atomic mass is 32.2. The third kappa shape index (κ3) is 3.73. The molecule has 2 N–H and O–H groups in total. The summed E-state index contributed by atoms with van der Waals surface area (Å²) in [4.78, 5) is 11.9. The summed E-state index contributed by atoms with van der Waals surface area (Å²) in [6, 6.07) is 7.71. The Kier molecular flexibility index (Phi) is 5.04. The van der Waals surface area contributed by atoms with Crippen LogP contribution in [-0.2, 0) is 15.3 Å². The van der Waals surface area contributed by atoms with E-state index >= 15 is 0 Å². The largest absolute Gasteiger partial charge is 0.378 e. The summed E-state index contributed by atoms with van der Waals surface area (Å²) in [5.41, 5.74) is 2.09. The first-order chi connectivity index (χ1) is 8.79. The third-order valence-electron chi connectivity index (χ3n) is 2.77. The lowest BCUT2D eigenvalue weighted by atomic mass is 10.2. The number of rotatable bonds is 4. The van der Waals surface area contributed by atoms with Crippen LogP contribution in [0.25, 0.3) is 0 Å². The smallest absolute Gasteiger partial charge is 0.243 e. The van der Waals surface area contributed by atoms with E-state index in [4.69, 9.17) is 4.74 Å². The Balaban J connectivity index is 1.89. The zero-order valence-corrected chi connectivity index (χ0v) is 11.3. The molecule has 0 spiro atoms. The molecule has 0 saturated carbocycles. The van der Waals surface area contributed by atoms with Crippen LogP contribution in [0.1, 0.15) is 5.56 Å². The summed E-state index contributed by atoms with van der Waals surface area (Å²) >= 11 is 1.78. The van der Waals surface area contributed by atoms with Crippen molar-refractivity contribution >= 4 is 23.4 Å².